The smallest absolute Gasteiger partial charge is 0.274 e. The van der Waals surface area contributed by atoms with Crippen molar-refractivity contribution in [3.63, 3.8) is 0 Å². The second kappa shape index (κ2) is 8.61. The van der Waals surface area contributed by atoms with E-state index < -0.39 is 0 Å². The zero-order valence-corrected chi connectivity index (χ0v) is 15.0. The molecule has 0 radical (unpaired) electrons. The average Bonchev–Trinajstić information content (AvgIpc) is 2.73. The summed E-state index contributed by atoms with van der Waals surface area (Å²) in [6.07, 6.45) is 4.96. The van der Waals surface area contributed by atoms with Crippen molar-refractivity contribution in [2.75, 3.05) is 24.9 Å². The van der Waals surface area contributed by atoms with E-state index >= 15 is 0 Å². The van der Waals surface area contributed by atoms with Crippen LogP contribution >= 0.6 is 0 Å². The van der Waals surface area contributed by atoms with E-state index in [1.165, 1.54) is 13.3 Å². The highest BCUT2D eigenvalue weighted by molar-refractivity contribution is 6.03. The molecule has 0 aliphatic heterocycles. The summed E-state index contributed by atoms with van der Waals surface area (Å²) in [5.74, 6) is 1.13. The first-order valence-corrected chi connectivity index (χ1v) is 8.19. The lowest BCUT2D eigenvalue weighted by molar-refractivity contribution is 0.102. The number of benzene rings is 1. The lowest BCUT2D eigenvalue weighted by Gasteiger charge is -2.11. The third kappa shape index (κ3) is 4.69. The zero-order chi connectivity index (χ0) is 19.1. The fourth-order valence-electron chi connectivity index (χ4n) is 2.36. The molecular formula is C19H19N5O3. The number of hydrogen-bond acceptors (Lipinski definition) is 7. The molecule has 3 aromatic rings. The van der Waals surface area contributed by atoms with Gasteiger partial charge in [-0.15, -0.1) is 0 Å². The lowest BCUT2D eigenvalue weighted by atomic mass is 10.2. The predicted molar refractivity (Wildman–Crippen MR) is 101 cm³/mol. The first-order chi connectivity index (χ1) is 13.2. The molecule has 0 saturated carbocycles. The van der Waals surface area contributed by atoms with Gasteiger partial charge in [0.2, 0.25) is 5.95 Å². The van der Waals surface area contributed by atoms with Crippen molar-refractivity contribution in [2.24, 2.45) is 0 Å². The van der Waals surface area contributed by atoms with Crippen molar-refractivity contribution in [3.05, 3.63) is 66.2 Å². The number of nitrogens with zero attached hydrogens (tertiary/aromatic N) is 3. The number of rotatable bonds is 7. The van der Waals surface area contributed by atoms with Gasteiger partial charge in [-0.2, -0.15) is 0 Å². The summed E-state index contributed by atoms with van der Waals surface area (Å²) in [4.78, 5) is 24.9. The van der Waals surface area contributed by atoms with E-state index in [0.717, 1.165) is 5.56 Å². The van der Waals surface area contributed by atoms with E-state index in [-0.39, 0.29) is 11.6 Å². The molecule has 0 atom stereocenters. The van der Waals surface area contributed by atoms with Crippen LogP contribution < -0.4 is 20.1 Å². The molecule has 1 aromatic carbocycles. The molecule has 138 valence electrons. The first kappa shape index (κ1) is 18.1. The summed E-state index contributed by atoms with van der Waals surface area (Å²) in [7, 11) is 3.09. The molecule has 27 heavy (non-hydrogen) atoms. The Balaban J connectivity index is 1.68. The standard InChI is InChI=1S/C19H19N5O3/c1-26-16-4-3-14(11-17(16)27-2)23-18(25)15-7-10-21-19(24-15)22-12-13-5-8-20-9-6-13/h3-11H,12H2,1-2H3,(H,23,25)(H,21,22,24). The monoisotopic (exact) mass is 365 g/mol. The number of ether oxygens (including phenoxy) is 2. The van der Waals surface area contributed by atoms with Crippen molar-refractivity contribution in [2.45, 2.75) is 6.54 Å². The molecule has 8 nitrogen and oxygen atoms in total. The fourth-order valence-corrected chi connectivity index (χ4v) is 2.36. The number of aromatic nitrogens is 3. The van der Waals surface area contributed by atoms with Gasteiger partial charge in [-0.3, -0.25) is 9.78 Å². The summed E-state index contributed by atoms with van der Waals surface area (Å²) in [5.41, 5.74) is 1.85. The largest absolute Gasteiger partial charge is 0.493 e. The molecule has 0 unspecified atom stereocenters. The zero-order valence-electron chi connectivity index (χ0n) is 15.0. The van der Waals surface area contributed by atoms with Crippen LogP contribution in [0.25, 0.3) is 0 Å². The minimum absolute atomic E-state index is 0.247. The fraction of sp³-hybridized carbons (Fsp3) is 0.158. The van der Waals surface area contributed by atoms with Gasteiger partial charge in [0.25, 0.3) is 5.91 Å². The van der Waals surface area contributed by atoms with E-state index in [0.29, 0.717) is 29.7 Å². The molecule has 0 saturated heterocycles. The van der Waals surface area contributed by atoms with Gasteiger partial charge in [-0.1, -0.05) is 0 Å². The van der Waals surface area contributed by atoms with E-state index in [1.807, 2.05) is 12.1 Å². The number of hydrogen-bond donors (Lipinski definition) is 2. The maximum absolute atomic E-state index is 12.5. The Labute approximate surface area is 156 Å². The normalized spacial score (nSPS) is 10.1. The molecule has 3 rings (SSSR count). The number of carbonyl (C=O) groups excluding carboxylic acids is 1. The summed E-state index contributed by atoms with van der Waals surface area (Å²) in [6.45, 7) is 0.531. The molecule has 0 bridgehead atoms. The summed E-state index contributed by atoms with van der Waals surface area (Å²) < 4.78 is 10.4. The summed E-state index contributed by atoms with van der Waals surface area (Å²) >= 11 is 0. The number of carbonyl (C=O) groups is 1. The average molecular weight is 365 g/mol. The van der Waals surface area contributed by atoms with Crippen molar-refractivity contribution < 1.29 is 14.3 Å². The maximum Gasteiger partial charge on any atom is 0.274 e. The molecule has 1 amide bonds. The minimum Gasteiger partial charge on any atom is -0.493 e. The molecule has 0 fully saturated rings. The summed E-state index contributed by atoms with van der Waals surface area (Å²) in [5, 5.41) is 5.87. The predicted octanol–water partition coefficient (Wildman–Crippen LogP) is 2.75. The van der Waals surface area contributed by atoms with Crippen LogP contribution in [0.5, 0.6) is 11.5 Å². The van der Waals surface area contributed by atoms with Gasteiger partial charge in [0.05, 0.1) is 14.2 Å². The Kier molecular flexibility index (Phi) is 5.78. The second-order valence-electron chi connectivity index (χ2n) is 5.50. The number of nitrogens with one attached hydrogen (secondary N) is 2. The van der Waals surface area contributed by atoms with Crippen LogP contribution in [0.3, 0.4) is 0 Å². The van der Waals surface area contributed by atoms with Crippen LogP contribution in [-0.4, -0.2) is 35.1 Å². The number of amides is 1. The van der Waals surface area contributed by atoms with Crippen molar-refractivity contribution in [1.29, 1.82) is 0 Å². The Morgan fingerprint density at radius 1 is 1.00 bits per heavy atom. The van der Waals surface area contributed by atoms with Gasteiger partial charge in [-0.05, 0) is 35.9 Å². The van der Waals surface area contributed by atoms with Gasteiger partial charge >= 0.3 is 0 Å². The van der Waals surface area contributed by atoms with Crippen molar-refractivity contribution in [3.8, 4) is 11.5 Å². The lowest BCUT2D eigenvalue weighted by Crippen LogP contribution is -2.15. The molecule has 2 N–H and O–H groups in total. The quantitative estimate of drug-likeness (QED) is 0.664. The number of pyridine rings is 1. The highest BCUT2D eigenvalue weighted by atomic mass is 16.5. The topological polar surface area (TPSA) is 98.3 Å². The first-order valence-electron chi connectivity index (χ1n) is 8.19. The van der Waals surface area contributed by atoms with Gasteiger partial charge in [-0.25, -0.2) is 9.97 Å². The van der Waals surface area contributed by atoms with Crippen LogP contribution in [0.2, 0.25) is 0 Å². The van der Waals surface area contributed by atoms with Gasteiger partial charge in [0, 0.05) is 36.9 Å². The van der Waals surface area contributed by atoms with E-state index in [9.17, 15) is 4.79 Å². The third-order valence-electron chi connectivity index (χ3n) is 3.73. The van der Waals surface area contributed by atoms with E-state index in [4.69, 9.17) is 9.47 Å². The van der Waals surface area contributed by atoms with Crippen molar-refractivity contribution in [1.82, 2.24) is 15.0 Å². The van der Waals surface area contributed by atoms with Crippen molar-refractivity contribution >= 4 is 17.5 Å². The third-order valence-corrected chi connectivity index (χ3v) is 3.73. The van der Waals surface area contributed by atoms with E-state index in [1.54, 1.807) is 43.8 Å². The molecule has 0 spiro atoms. The number of methoxy groups -OCH3 is 2. The molecule has 2 aromatic heterocycles. The Morgan fingerprint density at radius 3 is 2.52 bits per heavy atom. The van der Waals surface area contributed by atoms with E-state index in [2.05, 4.69) is 25.6 Å². The second-order valence-corrected chi connectivity index (χ2v) is 5.50. The highest BCUT2D eigenvalue weighted by Crippen LogP contribution is 2.29. The van der Waals surface area contributed by atoms with Crippen LogP contribution in [0.4, 0.5) is 11.6 Å². The van der Waals surface area contributed by atoms with Crippen LogP contribution in [0.1, 0.15) is 16.1 Å². The molecular weight excluding hydrogens is 346 g/mol. The Morgan fingerprint density at radius 2 is 1.78 bits per heavy atom. The summed E-state index contributed by atoms with van der Waals surface area (Å²) in [6, 6.07) is 10.5. The molecule has 2 heterocycles. The molecule has 8 heteroatoms. The Bertz CT molecular complexity index is 918. The van der Waals surface area contributed by atoms with Crippen LogP contribution in [0.15, 0.2) is 55.0 Å². The maximum atomic E-state index is 12.5. The van der Waals surface area contributed by atoms with Gasteiger partial charge in [0.15, 0.2) is 11.5 Å². The van der Waals surface area contributed by atoms with Crippen LogP contribution in [-0.2, 0) is 6.54 Å². The molecule has 0 aliphatic rings. The SMILES string of the molecule is COc1ccc(NC(=O)c2ccnc(NCc3ccncc3)n2)cc1OC. The number of anilines is 2. The highest BCUT2D eigenvalue weighted by Gasteiger charge is 2.11. The molecule has 0 aliphatic carbocycles. The van der Waals surface area contributed by atoms with Crippen LogP contribution in [0, 0.1) is 0 Å². The van der Waals surface area contributed by atoms with Gasteiger partial charge < -0.3 is 20.1 Å². The minimum atomic E-state index is -0.350. The Hall–Kier alpha value is -3.68. The van der Waals surface area contributed by atoms with Gasteiger partial charge in [0.1, 0.15) is 5.69 Å².